The molecule has 2 aliphatic rings. The van der Waals surface area contributed by atoms with Crippen LogP contribution in [0.2, 0.25) is 0 Å². The first-order chi connectivity index (χ1) is 7.31. The van der Waals surface area contributed by atoms with Gasteiger partial charge in [-0.1, -0.05) is 6.42 Å². The topological polar surface area (TPSA) is 32.3 Å². The van der Waals surface area contributed by atoms with Crippen molar-refractivity contribution in [2.45, 2.75) is 32.1 Å². The Morgan fingerprint density at radius 1 is 1.27 bits per heavy atom. The van der Waals surface area contributed by atoms with Crippen LogP contribution in [0.4, 0.5) is 0 Å². The van der Waals surface area contributed by atoms with Crippen LogP contribution in [0.25, 0.3) is 0 Å². The molecule has 86 valence electrons. The minimum Gasteiger partial charge on any atom is -0.342 e. The molecule has 3 heteroatoms. The second kappa shape index (κ2) is 4.97. The van der Waals surface area contributed by atoms with Crippen LogP contribution >= 0.6 is 0 Å². The summed E-state index contributed by atoms with van der Waals surface area (Å²) in [5.74, 6) is 1.59. The largest absolute Gasteiger partial charge is 0.342 e. The molecule has 1 aliphatic carbocycles. The Bertz CT molecular complexity index is 218. The highest BCUT2D eigenvalue weighted by Gasteiger charge is 2.31. The number of nitrogens with one attached hydrogen (secondary N) is 1. The third-order valence-electron chi connectivity index (χ3n) is 3.87. The summed E-state index contributed by atoms with van der Waals surface area (Å²) < 4.78 is 0. The van der Waals surface area contributed by atoms with E-state index in [1.165, 1.54) is 19.3 Å². The van der Waals surface area contributed by atoms with Gasteiger partial charge in [-0.2, -0.15) is 0 Å². The zero-order valence-corrected chi connectivity index (χ0v) is 9.67. The summed E-state index contributed by atoms with van der Waals surface area (Å²) in [7, 11) is 2.01. The van der Waals surface area contributed by atoms with E-state index in [0.29, 0.717) is 11.8 Å². The SMILES string of the molecule is CNCC1CCN(C(=O)C2CCC2)CC1. The molecular weight excluding hydrogens is 188 g/mol. The van der Waals surface area contributed by atoms with Crippen molar-refractivity contribution in [2.24, 2.45) is 11.8 Å². The van der Waals surface area contributed by atoms with Gasteiger partial charge in [-0.3, -0.25) is 4.79 Å². The van der Waals surface area contributed by atoms with E-state index in [0.717, 1.165) is 38.4 Å². The summed E-state index contributed by atoms with van der Waals surface area (Å²) >= 11 is 0. The molecule has 1 heterocycles. The Morgan fingerprint density at radius 3 is 2.40 bits per heavy atom. The van der Waals surface area contributed by atoms with E-state index in [1.54, 1.807) is 0 Å². The standard InChI is InChI=1S/C12H22N2O/c1-13-9-10-5-7-14(8-6-10)12(15)11-3-2-4-11/h10-11,13H,2-9H2,1H3. The van der Waals surface area contributed by atoms with Gasteiger partial charge in [0, 0.05) is 19.0 Å². The van der Waals surface area contributed by atoms with Gasteiger partial charge in [0.15, 0.2) is 0 Å². The van der Waals surface area contributed by atoms with Crippen molar-refractivity contribution in [3.05, 3.63) is 0 Å². The Morgan fingerprint density at radius 2 is 1.93 bits per heavy atom. The van der Waals surface area contributed by atoms with Gasteiger partial charge in [0.1, 0.15) is 0 Å². The van der Waals surface area contributed by atoms with Crippen LogP contribution in [0.15, 0.2) is 0 Å². The van der Waals surface area contributed by atoms with Crippen LogP contribution in [0.1, 0.15) is 32.1 Å². The molecule has 0 spiro atoms. The minimum absolute atomic E-state index is 0.380. The number of hydrogen-bond donors (Lipinski definition) is 1. The molecule has 0 aromatic heterocycles. The van der Waals surface area contributed by atoms with E-state index in [2.05, 4.69) is 10.2 Å². The molecule has 1 saturated heterocycles. The Labute approximate surface area is 92.2 Å². The molecule has 2 fully saturated rings. The van der Waals surface area contributed by atoms with Crippen LogP contribution in [0.3, 0.4) is 0 Å². The number of carbonyl (C=O) groups is 1. The molecule has 3 nitrogen and oxygen atoms in total. The lowest BCUT2D eigenvalue weighted by molar-refractivity contribution is -0.139. The number of amides is 1. The van der Waals surface area contributed by atoms with Crippen LogP contribution in [0.5, 0.6) is 0 Å². The number of piperidine rings is 1. The maximum atomic E-state index is 12.0. The fourth-order valence-electron chi connectivity index (χ4n) is 2.56. The number of carbonyl (C=O) groups excluding carboxylic acids is 1. The molecule has 0 radical (unpaired) electrons. The Hall–Kier alpha value is -0.570. The van der Waals surface area contributed by atoms with E-state index in [9.17, 15) is 4.79 Å². The lowest BCUT2D eigenvalue weighted by Gasteiger charge is -2.36. The molecule has 1 N–H and O–H groups in total. The van der Waals surface area contributed by atoms with Crippen molar-refractivity contribution in [2.75, 3.05) is 26.7 Å². The maximum Gasteiger partial charge on any atom is 0.225 e. The smallest absolute Gasteiger partial charge is 0.225 e. The van der Waals surface area contributed by atoms with Crippen LogP contribution in [0, 0.1) is 11.8 Å². The van der Waals surface area contributed by atoms with E-state index in [1.807, 2.05) is 7.05 Å². The fourth-order valence-corrected chi connectivity index (χ4v) is 2.56. The molecule has 1 amide bonds. The van der Waals surface area contributed by atoms with E-state index >= 15 is 0 Å². The molecule has 0 aromatic carbocycles. The number of likely N-dealkylation sites (tertiary alicyclic amines) is 1. The molecular formula is C12H22N2O. The predicted octanol–water partition coefficient (Wildman–Crippen LogP) is 1.24. The summed E-state index contributed by atoms with van der Waals surface area (Å²) in [6.45, 7) is 3.08. The normalized spacial score (nSPS) is 23.9. The van der Waals surface area contributed by atoms with Gasteiger partial charge in [0.25, 0.3) is 0 Å². The first kappa shape index (κ1) is 10.9. The zero-order chi connectivity index (χ0) is 10.7. The van der Waals surface area contributed by atoms with E-state index in [4.69, 9.17) is 0 Å². The van der Waals surface area contributed by atoms with Crippen LogP contribution < -0.4 is 5.32 Å². The molecule has 1 saturated carbocycles. The lowest BCUT2D eigenvalue weighted by Crippen LogP contribution is -2.44. The molecule has 1 aliphatic heterocycles. The lowest BCUT2D eigenvalue weighted by atomic mass is 9.83. The van der Waals surface area contributed by atoms with Crippen LogP contribution in [-0.4, -0.2) is 37.5 Å². The highest BCUT2D eigenvalue weighted by Crippen LogP contribution is 2.29. The summed E-state index contributed by atoms with van der Waals surface area (Å²) in [6.07, 6.45) is 5.88. The van der Waals surface area contributed by atoms with Gasteiger partial charge in [-0.05, 0) is 45.2 Å². The summed E-state index contributed by atoms with van der Waals surface area (Å²) in [5.41, 5.74) is 0. The number of nitrogens with zero attached hydrogens (tertiary/aromatic N) is 1. The number of rotatable bonds is 3. The molecule has 0 aromatic rings. The van der Waals surface area contributed by atoms with Crippen molar-refractivity contribution >= 4 is 5.91 Å². The first-order valence-corrected chi connectivity index (χ1v) is 6.24. The summed E-state index contributed by atoms with van der Waals surface area (Å²) in [6, 6.07) is 0. The molecule has 2 rings (SSSR count). The molecule has 0 atom stereocenters. The highest BCUT2D eigenvalue weighted by atomic mass is 16.2. The molecule has 15 heavy (non-hydrogen) atoms. The van der Waals surface area contributed by atoms with Gasteiger partial charge in [0.2, 0.25) is 5.91 Å². The van der Waals surface area contributed by atoms with Crippen LogP contribution in [-0.2, 0) is 4.79 Å². The average Bonchev–Trinajstić information content (AvgIpc) is 2.16. The molecule has 0 bridgehead atoms. The number of hydrogen-bond acceptors (Lipinski definition) is 2. The third-order valence-corrected chi connectivity index (χ3v) is 3.87. The van der Waals surface area contributed by atoms with Crippen molar-refractivity contribution in [1.29, 1.82) is 0 Å². The van der Waals surface area contributed by atoms with Gasteiger partial charge in [0.05, 0.1) is 0 Å². The summed E-state index contributed by atoms with van der Waals surface area (Å²) in [4.78, 5) is 14.0. The van der Waals surface area contributed by atoms with Crippen molar-refractivity contribution in [3.8, 4) is 0 Å². The van der Waals surface area contributed by atoms with E-state index in [-0.39, 0.29) is 0 Å². The van der Waals surface area contributed by atoms with E-state index < -0.39 is 0 Å². The second-order valence-corrected chi connectivity index (χ2v) is 4.95. The van der Waals surface area contributed by atoms with Crippen molar-refractivity contribution in [1.82, 2.24) is 10.2 Å². The maximum absolute atomic E-state index is 12.0. The second-order valence-electron chi connectivity index (χ2n) is 4.95. The van der Waals surface area contributed by atoms with Gasteiger partial charge < -0.3 is 10.2 Å². The quantitative estimate of drug-likeness (QED) is 0.760. The first-order valence-electron chi connectivity index (χ1n) is 6.24. The Kier molecular flexibility index (Phi) is 3.62. The van der Waals surface area contributed by atoms with Crippen molar-refractivity contribution in [3.63, 3.8) is 0 Å². The summed E-state index contributed by atoms with van der Waals surface area (Å²) in [5, 5.41) is 3.22. The fraction of sp³-hybridized carbons (Fsp3) is 0.917. The minimum atomic E-state index is 0.380. The average molecular weight is 210 g/mol. The predicted molar refractivity (Wildman–Crippen MR) is 60.6 cm³/mol. The molecule has 0 unspecified atom stereocenters. The Balaban J connectivity index is 1.74. The van der Waals surface area contributed by atoms with Gasteiger partial charge in [-0.15, -0.1) is 0 Å². The third kappa shape index (κ3) is 2.51. The van der Waals surface area contributed by atoms with Crippen molar-refractivity contribution < 1.29 is 4.79 Å². The zero-order valence-electron chi connectivity index (χ0n) is 9.67. The van der Waals surface area contributed by atoms with Gasteiger partial charge in [-0.25, -0.2) is 0 Å². The monoisotopic (exact) mass is 210 g/mol. The van der Waals surface area contributed by atoms with Gasteiger partial charge >= 0.3 is 0 Å². The highest BCUT2D eigenvalue weighted by molar-refractivity contribution is 5.79.